The van der Waals surface area contributed by atoms with Crippen LogP contribution in [0.3, 0.4) is 0 Å². The van der Waals surface area contributed by atoms with Crippen molar-refractivity contribution in [1.82, 2.24) is 15.5 Å². The largest absolute Gasteiger partial charge is 0.481 e. The molecule has 2 aliphatic rings. The number of rotatable bonds is 8. The number of carbonyl (C=O) groups is 5. The predicted octanol–water partition coefficient (Wildman–Crippen LogP) is 1.99. The molecular formula is C25H33ClN4O6. The van der Waals surface area contributed by atoms with Crippen LogP contribution in [-0.2, 0) is 19.2 Å². The number of carboxylic acids is 1. The fraction of sp³-hybridized carbons (Fsp3) is 0.560. The van der Waals surface area contributed by atoms with Gasteiger partial charge in [0, 0.05) is 11.6 Å². The highest BCUT2D eigenvalue weighted by Crippen LogP contribution is 2.43. The Morgan fingerprint density at radius 3 is 2.39 bits per heavy atom. The number of nitrogens with two attached hydrogens (primary N) is 1. The van der Waals surface area contributed by atoms with Gasteiger partial charge < -0.3 is 26.4 Å². The molecule has 5 atom stereocenters. The van der Waals surface area contributed by atoms with Gasteiger partial charge >= 0.3 is 5.97 Å². The first-order valence-electron chi connectivity index (χ1n) is 11.9. The molecule has 2 fully saturated rings. The van der Waals surface area contributed by atoms with E-state index >= 15 is 0 Å². The third-order valence-electron chi connectivity index (χ3n) is 6.95. The van der Waals surface area contributed by atoms with Gasteiger partial charge in [-0.25, -0.2) is 0 Å². The van der Waals surface area contributed by atoms with Gasteiger partial charge in [-0.2, -0.15) is 0 Å². The van der Waals surface area contributed by atoms with Crippen molar-refractivity contribution in [3.05, 3.63) is 28.8 Å². The molecule has 1 saturated carbocycles. The average Bonchev–Trinajstić information content (AvgIpc) is 3.38. The van der Waals surface area contributed by atoms with E-state index in [1.54, 1.807) is 0 Å². The first-order chi connectivity index (χ1) is 16.7. The normalized spacial score (nSPS) is 22.6. The number of carbonyl (C=O) groups excluding carboxylic acids is 4. The summed E-state index contributed by atoms with van der Waals surface area (Å²) in [6, 6.07) is 1.28. The molecule has 3 amide bonds. The molecule has 0 spiro atoms. The molecule has 3 rings (SSSR count). The van der Waals surface area contributed by atoms with Gasteiger partial charge in [0.2, 0.25) is 11.8 Å². The van der Waals surface area contributed by atoms with E-state index in [-0.39, 0.29) is 22.5 Å². The monoisotopic (exact) mass is 520 g/mol. The highest BCUT2D eigenvalue weighted by Gasteiger charge is 2.54. The lowest BCUT2D eigenvalue weighted by molar-refractivity contribution is -0.147. The van der Waals surface area contributed by atoms with Gasteiger partial charge in [0.05, 0.1) is 23.2 Å². The van der Waals surface area contributed by atoms with Crippen molar-refractivity contribution in [2.45, 2.75) is 77.5 Å². The number of halogens is 1. The lowest BCUT2D eigenvalue weighted by atomic mass is 9.84. The lowest BCUT2D eigenvalue weighted by Crippen LogP contribution is -2.62. The summed E-state index contributed by atoms with van der Waals surface area (Å²) in [4.78, 5) is 64.8. The van der Waals surface area contributed by atoms with Crippen LogP contribution in [-0.4, -0.2) is 63.6 Å². The number of fused-ring (bicyclic) bond motifs is 2. The average molecular weight is 521 g/mol. The van der Waals surface area contributed by atoms with Gasteiger partial charge in [0.15, 0.2) is 5.78 Å². The second-order valence-corrected chi connectivity index (χ2v) is 11.1. The fourth-order valence-corrected chi connectivity index (χ4v) is 5.23. The molecule has 1 heterocycles. The Kier molecular flexibility index (Phi) is 7.97. The number of hydrogen-bond donors (Lipinski definition) is 4. The molecule has 1 aromatic carbocycles. The molecular weight excluding hydrogens is 488 g/mol. The molecule has 196 valence electrons. The van der Waals surface area contributed by atoms with E-state index in [0.717, 1.165) is 12.8 Å². The summed E-state index contributed by atoms with van der Waals surface area (Å²) in [5.41, 5.74) is 5.60. The van der Waals surface area contributed by atoms with Crippen LogP contribution in [0.15, 0.2) is 18.2 Å². The minimum Gasteiger partial charge on any atom is -0.481 e. The number of benzene rings is 1. The standard InChI is InChI=1S/C25H33ClN4O6/c1-12(31)18(11-19(32)33)28-23(35)20-13-5-7-15(9-13)30(20)24(36)21(25(2,3)4)29-22(34)14-6-8-17(27)16(26)10-14/h6,8,10,13,15,18,20-21H,5,7,9,11,27H2,1-4H3,(H,28,35)(H,29,34)(H,32,33)/t13?,15?,18-,20-,21?/m0/s1. The van der Waals surface area contributed by atoms with Crippen LogP contribution in [0, 0.1) is 11.3 Å². The van der Waals surface area contributed by atoms with E-state index in [4.69, 9.17) is 22.4 Å². The number of likely N-dealkylation sites (tertiary alicyclic amines) is 1. The summed E-state index contributed by atoms with van der Waals surface area (Å²) in [7, 11) is 0. The molecule has 1 aromatic rings. The molecule has 1 saturated heterocycles. The molecule has 2 bridgehead atoms. The molecule has 11 heteroatoms. The quantitative estimate of drug-likeness (QED) is 0.381. The number of Topliss-reactive ketones (excluding diaryl/α,β-unsaturated/α-hetero) is 1. The number of anilines is 1. The summed E-state index contributed by atoms with van der Waals surface area (Å²) in [5, 5.41) is 14.7. The smallest absolute Gasteiger partial charge is 0.305 e. The van der Waals surface area contributed by atoms with E-state index < -0.39 is 59.4 Å². The van der Waals surface area contributed by atoms with Crippen molar-refractivity contribution in [2.24, 2.45) is 11.3 Å². The van der Waals surface area contributed by atoms with Gasteiger partial charge in [-0.15, -0.1) is 0 Å². The van der Waals surface area contributed by atoms with Gasteiger partial charge in [0.1, 0.15) is 12.1 Å². The third-order valence-corrected chi connectivity index (χ3v) is 7.27. The maximum absolute atomic E-state index is 13.9. The third kappa shape index (κ3) is 5.80. The van der Waals surface area contributed by atoms with Crippen LogP contribution in [0.4, 0.5) is 5.69 Å². The summed E-state index contributed by atoms with van der Waals surface area (Å²) >= 11 is 6.06. The van der Waals surface area contributed by atoms with Crippen molar-refractivity contribution in [2.75, 3.05) is 5.73 Å². The molecule has 10 nitrogen and oxygen atoms in total. The SMILES string of the molecule is CC(=O)[C@H](CC(=O)O)NC(=O)[C@@H]1C2CCC(C2)N1C(=O)C(NC(=O)c1ccc(N)c(Cl)c1)C(C)(C)C. The van der Waals surface area contributed by atoms with Crippen LogP contribution in [0.25, 0.3) is 0 Å². The zero-order valence-electron chi connectivity index (χ0n) is 20.8. The van der Waals surface area contributed by atoms with Crippen LogP contribution in [0.1, 0.15) is 63.7 Å². The maximum atomic E-state index is 13.9. The Morgan fingerprint density at radius 2 is 1.83 bits per heavy atom. The molecule has 1 aliphatic heterocycles. The second kappa shape index (κ2) is 10.5. The summed E-state index contributed by atoms with van der Waals surface area (Å²) in [6.45, 7) is 6.65. The minimum absolute atomic E-state index is 0.108. The van der Waals surface area contributed by atoms with Crippen molar-refractivity contribution in [1.29, 1.82) is 0 Å². The van der Waals surface area contributed by atoms with E-state index in [1.165, 1.54) is 30.0 Å². The van der Waals surface area contributed by atoms with Crippen LogP contribution >= 0.6 is 11.6 Å². The van der Waals surface area contributed by atoms with E-state index in [9.17, 15) is 24.0 Å². The number of nitrogens with zero attached hydrogens (tertiary/aromatic N) is 1. The Hall–Kier alpha value is -3.14. The van der Waals surface area contributed by atoms with Gasteiger partial charge in [-0.05, 0) is 55.7 Å². The van der Waals surface area contributed by atoms with E-state index in [2.05, 4.69) is 10.6 Å². The second-order valence-electron chi connectivity index (χ2n) is 10.7. The van der Waals surface area contributed by atoms with Crippen LogP contribution < -0.4 is 16.4 Å². The van der Waals surface area contributed by atoms with E-state index in [0.29, 0.717) is 12.1 Å². The fourth-order valence-electron chi connectivity index (χ4n) is 5.05. The number of ketones is 1. The first-order valence-corrected chi connectivity index (χ1v) is 12.3. The van der Waals surface area contributed by atoms with Crippen molar-refractivity contribution in [3.63, 3.8) is 0 Å². The number of nitrogen functional groups attached to an aromatic ring is 1. The Labute approximate surface area is 214 Å². The van der Waals surface area contributed by atoms with Crippen molar-refractivity contribution >= 4 is 46.8 Å². The summed E-state index contributed by atoms with van der Waals surface area (Å²) in [6.07, 6.45) is 1.56. The van der Waals surface area contributed by atoms with E-state index in [1.807, 2.05) is 20.8 Å². The van der Waals surface area contributed by atoms with Gasteiger partial charge in [0.25, 0.3) is 5.91 Å². The topological polar surface area (TPSA) is 159 Å². The zero-order chi connectivity index (χ0) is 26.9. The molecule has 0 radical (unpaired) electrons. The molecule has 1 aliphatic carbocycles. The molecule has 0 aromatic heterocycles. The number of hydrogen-bond acceptors (Lipinski definition) is 6. The minimum atomic E-state index is -1.21. The number of amides is 3. The summed E-state index contributed by atoms with van der Waals surface area (Å²) < 4.78 is 0. The highest BCUT2D eigenvalue weighted by molar-refractivity contribution is 6.33. The number of aliphatic carboxylic acids is 1. The maximum Gasteiger partial charge on any atom is 0.305 e. The lowest BCUT2D eigenvalue weighted by Gasteiger charge is -2.40. The van der Waals surface area contributed by atoms with Crippen LogP contribution in [0.5, 0.6) is 0 Å². The molecule has 3 unspecified atom stereocenters. The zero-order valence-corrected chi connectivity index (χ0v) is 21.6. The Bertz CT molecular complexity index is 1080. The number of piperidine rings is 1. The Balaban J connectivity index is 1.86. The van der Waals surface area contributed by atoms with Crippen molar-refractivity contribution in [3.8, 4) is 0 Å². The Morgan fingerprint density at radius 1 is 1.17 bits per heavy atom. The predicted molar refractivity (Wildman–Crippen MR) is 133 cm³/mol. The number of nitrogens with one attached hydrogen (secondary N) is 2. The van der Waals surface area contributed by atoms with Gasteiger partial charge in [-0.1, -0.05) is 32.4 Å². The number of carboxylic acid groups (broad SMARTS) is 1. The van der Waals surface area contributed by atoms with Gasteiger partial charge in [-0.3, -0.25) is 24.0 Å². The molecule has 36 heavy (non-hydrogen) atoms. The van der Waals surface area contributed by atoms with Crippen LogP contribution in [0.2, 0.25) is 5.02 Å². The first kappa shape index (κ1) is 27.4. The summed E-state index contributed by atoms with van der Waals surface area (Å²) in [5.74, 6) is -3.26. The highest BCUT2D eigenvalue weighted by atomic mass is 35.5. The van der Waals surface area contributed by atoms with Crippen molar-refractivity contribution < 1.29 is 29.1 Å². The molecule has 5 N–H and O–H groups in total.